The summed E-state index contributed by atoms with van der Waals surface area (Å²) in [4.78, 5) is 60.7. The van der Waals surface area contributed by atoms with Crippen molar-refractivity contribution >= 4 is 40.8 Å². The lowest BCUT2D eigenvalue weighted by molar-refractivity contribution is -0.385. The molecular formula is C24H25N3O8. The molecule has 0 aliphatic carbocycles. The summed E-state index contributed by atoms with van der Waals surface area (Å²) in [7, 11) is 0. The van der Waals surface area contributed by atoms with E-state index in [1.807, 2.05) is 6.92 Å². The van der Waals surface area contributed by atoms with Crippen LogP contribution in [0.2, 0.25) is 0 Å². The maximum Gasteiger partial charge on any atom is 0.338 e. The van der Waals surface area contributed by atoms with Crippen LogP contribution in [-0.4, -0.2) is 48.4 Å². The molecule has 1 aliphatic rings. The van der Waals surface area contributed by atoms with Gasteiger partial charge in [0.25, 0.3) is 11.6 Å². The molecule has 1 aliphatic heterocycles. The smallest absolute Gasteiger partial charge is 0.338 e. The lowest BCUT2D eigenvalue weighted by Crippen LogP contribution is -2.28. The standard InChI is InChI=1S/C24H25N3O8/c1-3-10-34-23(30)16-5-7-18(8-6-16)25-21(28)14-35-24(31)17-11-22(29)26(13-17)19-9-4-15(2)20(12-19)27(32)33/h4-9,12,17H,3,10-11,13-14H2,1-2H3,(H,25,28)/t17-/m1/s1. The number of nitro groups is 1. The Labute approximate surface area is 201 Å². The topological polar surface area (TPSA) is 145 Å². The first-order valence-corrected chi connectivity index (χ1v) is 11.0. The van der Waals surface area contributed by atoms with Gasteiger partial charge in [0.1, 0.15) is 0 Å². The average Bonchev–Trinajstić information content (AvgIpc) is 3.23. The van der Waals surface area contributed by atoms with Crippen molar-refractivity contribution in [2.45, 2.75) is 26.7 Å². The normalized spacial score (nSPS) is 15.0. The van der Waals surface area contributed by atoms with Gasteiger partial charge in [-0.1, -0.05) is 13.0 Å². The largest absolute Gasteiger partial charge is 0.462 e. The summed E-state index contributed by atoms with van der Waals surface area (Å²) in [5, 5.41) is 13.7. The molecule has 2 aromatic carbocycles. The first-order valence-electron chi connectivity index (χ1n) is 11.0. The third-order valence-electron chi connectivity index (χ3n) is 5.35. The number of ether oxygens (including phenoxy) is 2. The van der Waals surface area contributed by atoms with Crippen LogP contribution in [-0.2, 0) is 23.9 Å². The highest BCUT2D eigenvalue weighted by molar-refractivity contribution is 6.00. The molecule has 11 nitrogen and oxygen atoms in total. The first kappa shape index (κ1) is 25.3. The Morgan fingerprint density at radius 2 is 1.86 bits per heavy atom. The number of esters is 2. The molecule has 1 atom stereocenters. The van der Waals surface area contributed by atoms with Crippen molar-refractivity contribution in [1.29, 1.82) is 0 Å². The molecular weight excluding hydrogens is 458 g/mol. The van der Waals surface area contributed by atoms with E-state index in [9.17, 15) is 29.3 Å². The summed E-state index contributed by atoms with van der Waals surface area (Å²) in [5.74, 6) is -2.93. The van der Waals surface area contributed by atoms with E-state index in [4.69, 9.17) is 9.47 Å². The van der Waals surface area contributed by atoms with Crippen LogP contribution in [0.4, 0.5) is 17.1 Å². The summed E-state index contributed by atoms with van der Waals surface area (Å²) >= 11 is 0. The van der Waals surface area contributed by atoms with E-state index in [-0.39, 0.29) is 24.6 Å². The van der Waals surface area contributed by atoms with E-state index in [1.54, 1.807) is 13.0 Å². The van der Waals surface area contributed by atoms with Gasteiger partial charge in [-0.05, 0) is 43.7 Å². The molecule has 3 rings (SSSR count). The molecule has 2 aromatic rings. The van der Waals surface area contributed by atoms with Gasteiger partial charge < -0.3 is 19.7 Å². The minimum absolute atomic E-state index is 0.00487. The molecule has 0 aromatic heterocycles. The zero-order chi connectivity index (χ0) is 25.5. The van der Waals surface area contributed by atoms with Crippen LogP contribution in [0.1, 0.15) is 35.7 Å². The molecule has 0 radical (unpaired) electrons. The fraction of sp³-hybridized carbons (Fsp3) is 0.333. The van der Waals surface area contributed by atoms with Gasteiger partial charge in [-0.3, -0.25) is 24.5 Å². The molecule has 0 saturated carbocycles. The summed E-state index contributed by atoms with van der Waals surface area (Å²) in [5.41, 5.74) is 1.41. The number of nitrogens with one attached hydrogen (secondary N) is 1. The SMILES string of the molecule is CCCOC(=O)c1ccc(NC(=O)COC(=O)[C@@H]2CC(=O)N(c3ccc(C)c([N+](=O)[O-])c3)C2)cc1. The molecule has 0 unspecified atom stereocenters. The van der Waals surface area contributed by atoms with Gasteiger partial charge in [-0.25, -0.2) is 4.79 Å². The number of amides is 2. The minimum atomic E-state index is -0.802. The van der Waals surface area contributed by atoms with Crippen LogP contribution in [0, 0.1) is 23.0 Å². The highest BCUT2D eigenvalue weighted by Gasteiger charge is 2.37. The van der Waals surface area contributed by atoms with E-state index >= 15 is 0 Å². The Hall–Kier alpha value is -4.28. The monoisotopic (exact) mass is 483 g/mol. The van der Waals surface area contributed by atoms with Crippen molar-refractivity contribution in [3.05, 3.63) is 63.7 Å². The zero-order valence-corrected chi connectivity index (χ0v) is 19.3. The molecule has 1 N–H and O–H groups in total. The summed E-state index contributed by atoms with van der Waals surface area (Å²) in [6.45, 7) is 3.24. The van der Waals surface area contributed by atoms with Gasteiger partial charge in [-0.15, -0.1) is 0 Å². The molecule has 2 amide bonds. The van der Waals surface area contributed by atoms with Crippen molar-refractivity contribution in [3.63, 3.8) is 0 Å². The number of carbonyl (C=O) groups is 4. The predicted octanol–water partition coefficient (Wildman–Crippen LogP) is 3.00. The highest BCUT2D eigenvalue weighted by Crippen LogP contribution is 2.30. The minimum Gasteiger partial charge on any atom is -0.462 e. The van der Waals surface area contributed by atoms with Crippen molar-refractivity contribution < 1.29 is 33.6 Å². The lowest BCUT2D eigenvalue weighted by Gasteiger charge is -2.16. The van der Waals surface area contributed by atoms with E-state index in [2.05, 4.69) is 5.32 Å². The zero-order valence-electron chi connectivity index (χ0n) is 19.3. The van der Waals surface area contributed by atoms with E-state index in [0.29, 0.717) is 35.5 Å². The van der Waals surface area contributed by atoms with E-state index < -0.39 is 35.3 Å². The Balaban J connectivity index is 1.51. The van der Waals surface area contributed by atoms with Gasteiger partial charge in [0.2, 0.25) is 5.91 Å². The average molecular weight is 483 g/mol. The second-order valence-electron chi connectivity index (χ2n) is 8.00. The van der Waals surface area contributed by atoms with Crippen molar-refractivity contribution in [1.82, 2.24) is 0 Å². The Bertz CT molecular complexity index is 1150. The number of nitro benzene ring substituents is 1. The van der Waals surface area contributed by atoms with Gasteiger partial charge in [0.15, 0.2) is 6.61 Å². The molecule has 1 saturated heterocycles. The van der Waals surface area contributed by atoms with Crippen LogP contribution < -0.4 is 10.2 Å². The summed E-state index contributed by atoms with van der Waals surface area (Å²) in [6.07, 6.45) is 0.581. The number of nitrogens with zero attached hydrogens (tertiary/aromatic N) is 2. The Kier molecular flexibility index (Phi) is 8.13. The second-order valence-corrected chi connectivity index (χ2v) is 8.00. The molecule has 184 valence electrons. The van der Waals surface area contributed by atoms with Crippen LogP contribution in [0.5, 0.6) is 0 Å². The van der Waals surface area contributed by atoms with Gasteiger partial charge in [0, 0.05) is 30.3 Å². The van der Waals surface area contributed by atoms with Crippen LogP contribution in [0.25, 0.3) is 0 Å². The second kappa shape index (κ2) is 11.2. The van der Waals surface area contributed by atoms with Crippen LogP contribution in [0.3, 0.4) is 0 Å². The van der Waals surface area contributed by atoms with Crippen LogP contribution >= 0.6 is 0 Å². The quantitative estimate of drug-likeness (QED) is 0.325. The number of benzene rings is 2. The molecule has 1 fully saturated rings. The number of hydrogen-bond donors (Lipinski definition) is 1. The summed E-state index contributed by atoms with van der Waals surface area (Å²) in [6, 6.07) is 10.5. The van der Waals surface area contributed by atoms with Gasteiger partial charge >= 0.3 is 11.9 Å². The van der Waals surface area contributed by atoms with Crippen molar-refractivity contribution in [2.75, 3.05) is 30.0 Å². The highest BCUT2D eigenvalue weighted by atomic mass is 16.6. The van der Waals surface area contributed by atoms with Gasteiger partial charge in [0.05, 0.1) is 28.7 Å². The number of carbonyl (C=O) groups excluding carboxylic acids is 4. The molecule has 0 spiro atoms. The predicted molar refractivity (Wildman–Crippen MR) is 125 cm³/mol. The maximum absolute atomic E-state index is 12.4. The van der Waals surface area contributed by atoms with E-state index in [1.165, 1.54) is 41.3 Å². The lowest BCUT2D eigenvalue weighted by atomic mass is 10.1. The third kappa shape index (κ3) is 6.40. The van der Waals surface area contributed by atoms with E-state index in [0.717, 1.165) is 0 Å². The van der Waals surface area contributed by atoms with Crippen molar-refractivity contribution in [2.24, 2.45) is 5.92 Å². The Morgan fingerprint density at radius 1 is 1.14 bits per heavy atom. The van der Waals surface area contributed by atoms with Crippen LogP contribution in [0.15, 0.2) is 42.5 Å². The molecule has 35 heavy (non-hydrogen) atoms. The number of rotatable bonds is 9. The Morgan fingerprint density at radius 3 is 2.51 bits per heavy atom. The molecule has 1 heterocycles. The number of aryl methyl sites for hydroxylation is 1. The third-order valence-corrected chi connectivity index (χ3v) is 5.35. The molecule has 0 bridgehead atoms. The maximum atomic E-state index is 12.4. The molecule has 11 heteroatoms. The van der Waals surface area contributed by atoms with Crippen molar-refractivity contribution in [3.8, 4) is 0 Å². The number of hydrogen-bond acceptors (Lipinski definition) is 8. The number of anilines is 2. The first-order chi connectivity index (χ1) is 16.7. The van der Waals surface area contributed by atoms with Gasteiger partial charge in [-0.2, -0.15) is 0 Å². The fourth-order valence-electron chi connectivity index (χ4n) is 3.50. The fourth-order valence-corrected chi connectivity index (χ4v) is 3.50. The summed E-state index contributed by atoms with van der Waals surface area (Å²) < 4.78 is 10.1.